The lowest BCUT2D eigenvalue weighted by atomic mass is 10.1. The molecular formula is C20H21N3O2S2. The molecule has 140 valence electrons. The molecule has 0 saturated carbocycles. The largest absolute Gasteiger partial charge is 0.497 e. The fourth-order valence-electron chi connectivity index (χ4n) is 3.34. The third kappa shape index (κ3) is 3.31. The molecule has 0 spiro atoms. The molecule has 5 nitrogen and oxygen atoms in total. The minimum Gasteiger partial charge on any atom is -0.497 e. The van der Waals surface area contributed by atoms with Crippen LogP contribution in [0.15, 0.2) is 46.9 Å². The molecule has 3 aromatic rings. The molecule has 7 heteroatoms. The molecule has 0 amide bonds. The van der Waals surface area contributed by atoms with Crippen LogP contribution in [0, 0.1) is 0 Å². The third-order valence-electron chi connectivity index (χ3n) is 4.70. The number of thiophene rings is 1. The van der Waals surface area contributed by atoms with Crippen LogP contribution >= 0.6 is 23.1 Å². The lowest BCUT2D eigenvalue weighted by Crippen LogP contribution is -2.27. The Hall–Kier alpha value is -2.09. The number of benzene rings is 1. The van der Waals surface area contributed by atoms with Gasteiger partial charge in [0, 0.05) is 23.7 Å². The van der Waals surface area contributed by atoms with Gasteiger partial charge in [-0.15, -0.1) is 17.9 Å². The highest BCUT2D eigenvalue weighted by Gasteiger charge is 2.24. The maximum atomic E-state index is 13.5. The Morgan fingerprint density at radius 2 is 2.15 bits per heavy atom. The zero-order valence-corrected chi connectivity index (χ0v) is 17.0. The van der Waals surface area contributed by atoms with Crippen LogP contribution < -0.4 is 10.3 Å². The van der Waals surface area contributed by atoms with Crippen molar-refractivity contribution in [2.75, 3.05) is 26.5 Å². The topological polar surface area (TPSA) is 47.4 Å². The Balaban J connectivity index is 1.95. The van der Waals surface area contributed by atoms with E-state index in [0.29, 0.717) is 10.9 Å². The van der Waals surface area contributed by atoms with Gasteiger partial charge in [-0.2, -0.15) is 0 Å². The van der Waals surface area contributed by atoms with Crippen LogP contribution in [0.3, 0.4) is 0 Å². The lowest BCUT2D eigenvalue weighted by Gasteiger charge is -2.21. The van der Waals surface area contributed by atoms with E-state index in [-0.39, 0.29) is 5.56 Å². The SMILES string of the molecule is C=CCSc1nc2sc3c(c2c(=O)n1-c1ccc(OC)cc1)CCN(C)C3. The number of hydrogen-bond acceptors (Lipinski definition) is 6. The lowest BCUT2D eigenvalue weighted by molar-refractivity contribution is 0.318. The zero-order valence-electron chi connectivity index (χ0n) is 15.4. The van der Waals surface area contributed by atoms with Gasteiger partial charge in [0.1, 0.15) is 10.6 Å². The second-order valence-corrected chi connectivity index (χ2v) is 8.58. The van der Waals surface area contributed by atoms with Crippen molar-refractivity contribution in [1.29, 1.82) is 0 Å². The van der Waals surface area contributed by atoms with Crippen molar-refractivity contribution in [3.8, 4) is 11.4 Å². The molecule has 0 radical (unpaired) electrons. The number of rotatable bonds is 5. The number of nitrogens with zero attached hydrogens (tertiary/aromatic N) is 3. The highest BCUT2D eigenvalue weighted by atomic mass is 32.2. The van der Waals surface area contributed by atoms with Crippen LogP contribution in [0.25, 0.3) is 15.9 Å². The number of likely N-dealkylation sites (N-methyl/N-ethyl adjacent to an activating group) is 1. The van der Waals surface area contributed by atoms with Gasteiger partial charge in [0.15, 0.2) is 5.16 Å². The molecule has 2 aromatic heterocycles. The van der Waals surface area contributed by atoms with Crippen molar-refractivity contribution < 1.29 is 4.74 Å². The van der Waals surface area contributed by atoms with Crippen LogP contribution in [0.2, 0.25) is 0 Å². The molecule has 0 N–H and O–H groups in total. The van der Waals surface area contributed by atoms with Gasteiger partial charge in [-0.1, -0.05) is 17.8 Å². The van der Waals surface area contributed by atoms with Crippen molar-refractivity contribution in [3.63, 3.8) is 0 Å². The molecule has 0 aliphatic carbocycles. The smallest absolute Gasteiger partial charge is 0.267 e. The Bertz CT molecular complexity index is 1050. The number of fused-ring (bicyclic) bond motifs is 3. The fourth-order valence-corrected chi connectivity index (χ4v) is 5.43. The van der Waals surface area contributed by atoms with Crippen LogP contribution in [0.5, 0.6) is 5.75 Å². The predicted molar refractivity (Wildman–Crippen MR) is 113 cm³/mol. The zero-order chi connectivity index (χ0) is 19.0. The third-order valence-corrected chi connectivity index (χ3v) is 6.74. The Kier molecular flexibility index (Phi) is 5.08. The van der Waals surface area contributed by atoms with Gasteiger partial charge in [-0.25, -0.2) is 4.98 Å². The molecule has 0 atom stereocenters. The summed E-state index contributed by atoms with van der Waals surface area (Å²) >= 11 is 3.18. The van der Waals surface area contributed by atoms with Crippen molar-refractivity contribution in [2.24, 2.45) is 0 Å². The Labute approximate surface area is 166 Å². The second-order valence-electron chi connectivity index (χ2n) is 6.50. The van der Waals surface area contributed by atoms with E-state index in [0.717, 1.165) is 41.2 Å². The van der Waals surface area contributed by atoms with Crippen LogP contribution in [-0.4, -0.2) is 40.9 Å². The Morgan fingerprint density at radius 3 is 2.85 bits per heavy atom. The van der Waals surface area contributed by atoms with Crippen molar-refractivity contribution >= 4 is 33.3 Å². The van der Waals surface area contributed by atoms with Crippen LogP contribution in [0.4, 0.5) is 0 Å². The average molecular weight is 400 g/mol. The number of ether oxygens (including phenoxy) is 1. The first-order valence-corrected chi connectivity index (χ1v) is 10.6. The van der Waals surface area contributed by atoms with Gasteiger partial charge in [-0.3, -0.25) is 9.36 Å². The quantitative estimate of drug-likeness (QED) is 0.372. The molecule has 0 fully saturated rings. The maximum absolute atomic E-state index is 13.5. The van der Waals surface area contributed by atoms with Crippen molar-refractivity contribution in [3.05, 3.63) is 57.7 Å². The summed E-state index contributed by atoms with van der Waals surface area (Å²) < 4.78 is 6.97. The molecule has 27 heavy (non-hydrogen) atoms. The second kappa shape index (κ2) is 7.50. The van der Waals surface area contributed by atoms with Crippen molar-refractivity contribution in [2.45, 2.75) is 18.1 Å². The molecule has 4 rings (SSSR count). The highest BCUT2D eigenvalue weighted by Crippen LogP contribution is 2.34. The molecule has 0 bridgehead atoms. The first-order chi connectivity index (χ1) is 13.1. The minimum absolute atomic E-state index is 0.0128. The van der Waals surface area contributed by atoms with Gasteiger partial charge in [0.05, 0.1) is 18.2 Å². The Morgan fingerprint density at radius 1 is 1.37 bits per heavy atom. The molecule has 1 aliphatic heterocycles. The first kappa shape index (κ1) is 18.3. The fraction of sp³-hybridized carbons (Fsp3) is 0.300. The van der Waals surface area contributed by atoms with Gasteiger partial charge >= 0.3 is 0 Å². The summed E-state index contributed by atoms with van der Waals surface area (Å²) in [5, 5.41) is 1.48. The van der Waals surface area contributed by atoms with Crippen LogP contribution in [-0.2, 0) is 13.0 Å². The molecule has 1 aliphatic rings. The molecule has 0 saturated heterocycles. The normalized spacial score (nSPS) is 14.3. The molecule has 3 heterocycles. The number of hydrogen-bond donors (Lipinski definition) is 0. The van der Waals surface area contributed by atoms with Gasteiger partial charge in [0.2, 0.25) is 0 Å². The minimum atomic E-state index is 0.0128. The van der Waals surface area contributed by atoms with E-state index < -0.39 is 0 Å². The summed E-state index contributed by atoms with van der Waals surface area (Å²) in [6.07, 6.45) is 2.72. The standard InChI is InChI=1S/C20H21N3O2S2/c1-4-11-26-20-21-18-17(15-9-10-22(2)12-16(15)27-18)19(24)23(20)13-5-7-14(25-3)8-6-13/h4-8H,1,9-12H2,2-3H3. The first-order valence-electron chi connectivity index (χ1n) is 8.76. The van der Waals surface area contributed by atoms with E-state index >= 15 is 0 Å². The summed E-state index contributed by atoms with van der Waals surface area (Å²) in [4.78, 5) is 22.8. The summed E-state index contributed by atoms with van der Waals surface area (Å²) in [5.41, 5.74) is 1.99. The van der Waals surface area contributed by atoms with E-state index in [2.05, 4.69) is 18.5 Å². The van der Waals surface area contributed by atoms with E-state index in [1.807, 2.05) is 30.3 Å². The number of methoxy groups -OCH3 is 1. The van der Waals surface area contributed by atoms with Crippen LogP contribution in [0.1, 0.15) is 10.4 Å². The maximum Gasteiger partial charge on any atom is 0.267 e. The summed E-state index contributed by atoms with van der Waals surface area (Å²) in [5.74, 6) is 1.46. The highest BCUT2D eigenvalue weighted by molar-refractivity contribution is 7.99. The van der Waals surface area contributed by atoms with Gasteiger partial charge in [-0.05, 0) is 43.3 Å². The van der Waals surface area contributed by atoms with Gasteiger partial charge in [0.25, 0.3) is 5.56 Å². The molecule has 0 unspecified atom stereocenters. The summed E-state index contributed by atoms with van der Waals surface area (Å²) in [7, 11) is 3.75. The number of aromatic nitrogens is 2. The van der Waals surface area contributed by atoms with E-state index in [1.165, 1.54) is 22.2 Å². The summed E-state index contributed by atoms with van der Waals surface area (Å²) in [6, 6.07) is 7.54. The van der Waals surface area contributed by atoms with E-state index in [4.69, 9.17) is 9.72 Å². The summed E-state index contributed by atoms with van der Waals surface area (Å²) in [6.45, 7) is 5.64. The monoisotopic (exact) mass is 399 g/mol. The van der Waals surface area contributed by atoms with E-state index in [9.17, 15) is 4.79 Å². The van der Waals surface area contributed by atoms with E-state index in [1.54, 1.807) is 23.0 Å². The average Bonchev–Trinajstić information content (AvgIpc) is 3.04. The molecule has 1 aromatic carbocycles. The van der Waals surface area contributed by atoms with Gasteiger partial charge < -0.3 is 9.64 Å². The predicted octanol–water partition coefficient (Wildman–Crippen LogP) is 3.72. The van der Waals surface area contributed by atoms with Crippen molar-refractivity contribution in [1.82, 2.24) is 14.5 Å². The number of thioether (sulfide) groups is 1. The molecular weight excluding hydrogens is 378 g/mol.